The van der Waals surface area contributed by atoms with Crippen LogP contribution in [-0.2, 0) is 9.59 Å². The van der Waals surface area contributed by atoms with Crippen LogP contribution in [0.15, 0.2) is 24.3 Å². The Labute approximate surface area is 106 Å². The van der Waals surface area contributed by atoms with E-state index in [9.17, 15) is 9.59 Å². The predicted molar refractivity (Wildman–Crippen MR) is 70.6 cm³/mol. The quantitative estimate of drug-likeness (QED) is 0.818. The Morgan fingerprint density at radius 1 is 1.39 bits per heavy atom. The van der Waals surface area contributed by atoms with Crippen LogP contribution in [0.2, 0.25) is 0 Å². The van der Waals surface area contributed by atoms with E-state index in [1.54, 1.807) is 7.05 Å². The summed E-state index contributed by atoms with van der Waals surface area (Å²) in [6.07, 6.45) is 0. The number of para-hydroxylation sites is 2. The minimum absolute atomic E-state index is 0.0391. The van der Waals surface area contributed by atoms with Crippen LogP contribution < -0.4 is 15.5 Å². The third-order valence-corrected chi connectivity index (χ3v) is 3.00. The second-order valence-electron chi connectivity index (χ2n) is 4.83. The van der Waals surface area contributed by atoms with E-state index >= 15 is 0 Å². The number of carbonyl (C=O) groups excluding carboxylic acids is 2. The maximum atomic E-state index is 12.3. The van der Waals surface area contributed by atoms with Crippen LogP contribution in [0, 0.1) is 0 Å². The van der Waals surface area contributed by atoms with Gasteiger partial charge in [0.25, 0.3) is 5.91 Å². The lowest BCUT2D eigenvalue weighted by Gasteiger charge is -2.39. The molecule has 2 amide bonds. The number of benzene rings is 1. The van der Waals surface area contributed by atoms with Gasteiger partial charge in [-0.15, -0.1) is 0 Å². The Morgan fingerprint density at radius 2 is 2.06 bits per heavy atom. The van der Waals surface area contributed by atoms with E-state index in [0.717, 1.165) is 11.4 Å². The lowest BCUT2D eigenvalue weighted by atomic mass is 9.98. The lowest BCUT2D eigenvalue weighted by molar-refractivity contribution is -0.125. The summed E-state index contributed by atoms with van der Waals surface area (Å²) in [6, 6.07) is 7.48. The smallest absolute Gasteiger partial charge is 0.252 e. The molecule has 5 nitrogen and oxygen atoms in total. The van der Waals surface area contributed by atoms with Gasteiger partial charge in [-0.3, -0.25) is 14.5 Å². The molecule has 1 aromatic carbocycles. The highest BCUT2D eigenvalue weighted by Crippen LogP contribution is 2.34. The highest BCUT2D eigenvalue weighted by Gasteiger charge is 2.38. The van der Waals surface area contributed by atoms with Crippen molar-refractivity contribution in [3.05, 3.63) is 24.3 Å². The second-order valence-corrected chi connectivity index (χ2v) is 4.83. The summed E-state index contributed by atoms with van der Waals surface area (Å²) in [5, 5.41) is 5.72. The SMILES string of the molecule is CNC(=O)CN1C(=O)C(C)(C)Nc2ccccc21. The van der Waals surface area contributed by atoms with Crippen LogP contribution in [0.3, 0.4) is 0 Å². The van der Waals surface area contributed by atoms with Gasteiger partial charge in [0.1, 0.15) is 12.1 Å². The molecule has 0 saturated heterocycles. The van der Waals surface area contributed by atoms with E-state index in [4.69, 9.17) is 0 Å². The molecule has 5 heteroatoms. The van der Waals surface area contributed by atoms with Crippen LogP contribution in [0.4, 0.5) is 11.4 Å². The summed E-state index contributed by atoms with van der Waals surface area (Å²) in [6.45, 7) is 3.65. The van der Waals surface area contributed by atoms with Crippen LogP contribution in [-0.4, -0.2) is 30.9 Å². The monoisotopic (exact) mass is 247 g/mol. The Bertz CT molecular complexity index is 497. The summed E-state index contributed by atoms with van der Waals surface area (Å²) in [5.74, 6) is -0.291. The molecule has 1 aliphatic heterocycles. The van der Waals surface area contributed by atoms with Crippen molar-refractivity contribution in [2.45, 2.75) is 19.4 Å². The van der Waals surface area contributed by atoms with Crippen molar-refractivity contribution in [2.75, 3.05) is 23.8 Å². The summed E-state index contributed by atoms with van der Waals surface area (Å²) in [7, 11) is 1.56. The van der Waals surface area contributed by atoms with E-state index in [0.29, 0.717) is 0 Å². The zero-order valence-electron chi connectivity index (χ0n) is 10.8. The van der Waals surface area contributed by atoms with E-state index in [1.165, 1.54) is 4.90 Å². The molecule has 0 fully saturated rings. The average molecular weight is 247 g/mol. The zero-order chi connectivity index (χ0) is 13.3. The maximum Gasteiger partial charge on any atom is 0.252 e. The number of rotatable bonds is 2. The van der Waals surface area contributed by atoms with Crippen molar-refractivity contribution >= 4 is 23.2 Å². The van der Waals surface area contributed by atoms with Crippen LogP contribution >= 0.6 is 0 Å². The molecule has 0 aliphatic carbocycles. The number of nitrogens with zero attached hydrogens (tertiary/aromatic N) is 1. The standard InChI is InChI=1S/C13H17N3O2/c1-13(2)12(18)16(8-11(17)14-3)10-7-5-4-6-9(10)15-13/h4-7,15H,8H2,1-3H3,(H,14,17). The number of amides is 2. The molecule has 1 aromatic rings. The molecule has 0 spiro atoms. The number of carbonyl (C=O) groups is 2. The van der Waals surface area contributed by atoms with Crippen LogP contribution in [0.1, 0.15) is 13.8 Å². The van der Waals surface area contributed by atoms with Crippen molar-refractivity contribution in [2.24, 2.45) is 0 Å². The van der Waals surface area contributed by atoms with E-state index in [1.807, 2.05) is 38.1 Å². The number of nitrogens with one attached hydrogen (secondary N) is 2. The predicted octanol–water partition coefficient (Wildman–Crippen LogP) is 0.970. The van der Waals surface area contributed by atoms with Gasteiger partial charge in [0, 0.05) is 7.05 Å². The maximum absolute atomic E-state index is 12.3. The fourth-order valence-corrected chi connectivity index (χ4v) is 2.03. The van der Waals surface area contributed by atoms with Crippen molar-refractivity contribution in [3.8, 4) is 0 Å². The second kappa shape index (κ2) is 4.33. The molecule has 0 radical (unpaired) electrons. The molecular weight excluding hydrogens is 230 g/mol. The summed E-state index contributed by atoms with van der Waals surface area (Å²) in [5.41, 5.74) is 0.902. The Kier molecular flexibility index (Phi) is 2.98. The van der Waals surface area contributed by atoms with E-state index in [-0.39, 0.29) is 18.4 Å². The molecule has 0 bridgehead atoms. The topological polar surface area (TPSA) is 61.4 Å². The molecule has 96 valence electrons. The van der Waals surface area contributed by atoms with Crippen molar-refractivity contribution in [1.82, 2.24) is 5.32 Å². The first-order valence-electron chi connectivity index (χ1n) is 5.85. The molecular formula is C13H17N3O2. The number of likely N-dealkylation sites (N-methyl/N-ethyl adjacent to an activating group) is 1. The van der Waals surface area contributed by atoms with Crippen molar-refractivity contribution < 1.29 is 9.59 Å². The molecule has 0 saturated carbocycles. The van der Waals surface area contributed by atoms with Gasteiger partial charge in [0.2, 0.25) is 5.91 Å². The zero-order valence-corrected chi connectivity index (χ0v) is 10.8. The Morgan fingerprint density at radius 3 is 2.72 bits per heavy atom. The van der Waals surface area contributed by atoms with E-state index < -0.39 is 5.54 Å². The lowest BCUT2D eigenvalue weighted by Crippen LogP contribution is -2.55. The van der Waals surface area contributed by atoms with Gasteiger partial charge in [0.15, 0.2) is 0 Å². The molecule has 1 heterocycles. The molecule has 0 atom stereocenters. The molecule has 18 heavy (non-hydrogen) atoms. The Balaban J connectivity index is 2.42. The number of hydrogen-bond donors (Lipinski definition) is 2. The minimum atomic E-state index is -0.706. The summed E-state index contributed by atoms with van der Waals surface area (Å²) >= 11 is 0. The van der Waals surface area contributed by atoms with Gasteiger partial charge in [-0.05, 0) is 26.0 Å². The third kappa shape index (κ3) is 2.03. The number of hydrogen-bond acceptors (Lipinski definition) is 3. The summed E-state index contributed by atoms with van der Waals surface area (Å²) in [4.78, 5) is 25.4. The summed E-state index contributed by atoms with van der Waals surface area (Å²) < 4.78 is 0. The number of fused-ring (bicyclic) bond motifs is 1. The first kappa shape index (κ1) is 12.4. The molecule has 2 N–H and O–H groups in total. The Hall–Kier alpha value is -2.04. The van der Waals surface area contributed by atoms with Gasteiger partial charge in [0.05, 0.1) is 11.4 Å². The van der Waals surface area contributed by atoms with E-state index in [2.05, 4.69) is 10.6 Å². The largest absolute Gasteiger partial charge is 0.370 e. The van der Waals surface area contributed by atoms with Crippen molar-refractivity contribution in [1.29, 1.82) is 0 Å². The van der Waals surface area contributed by atoms with Gasteiger partial charge >= 0.3 is 0 Å². The van der Waals surface area contributed by atoms with Crippen LogP contribution in [0.5, 0.6) is 0 Å². The first-order chi connectivity index (χ1) is 8.45. The first-order valence-corrected chi connectivity index (χ1v) is 5.85. The highest BCUT2D eigenvalue weighted by atomic mass is 16.2. The fraction of sp³-hybridized carbons (Fsp3) is 0.385. The van der Waals surface area contributed by atoms with Crippen molar-refractivity contribution in [3.63, 3.8) is 0 Å². The third-order valence-electron chi connectivity index (χ3n) is 3.00. The van der Waals surface area contributed by atoms with Gasteiger partial charge in [-0.25, -0.2) is 0 Å². The number of anilines is 2. The minimum Gasteiger partial charge on any atom is -0.370 e. The van der Waals surface area contributed by atoms with Gasteiger partial charge < -0.3 is 10.6 Å². The molecule has 0 unspecified atom stereocenters. The average Bonchev–Trinajstić information content (AvgIpc) is 2.34. The van der Waals surface area contributed by atoms with Gasteiger partial charge in [-0.2, -0.15) is 0 Å². The highest BCUT2D eigenvalue weighted by molar-refractivity contribution is 6.09. The van der Waals surface area contributed by atoms with Crippen LogP contribution in [0.25, 0.3) is 0 Å². The molecule has 1 aliphatic rings. The fourth-order valence-electron chi connectivity index (χ4n) is 2.03. The molecule has 0 aromatic heterocycles. The molecule has 2 rings (SSSR count). The normalized spacial score (nSPS) is 16.8. The van der Waals surface area contributed by atoms with Gasteiger partial charge in [-0.1, -0.05) is 12.1 Å².